The summed E-state index contributed by atoms with van der Waals surface area (Å²) in [6.45, 7) is 0.161. The van der Waals surface area contributed by atoms with Crippen LogP contribution >= 0.6 is 11.6 Å². The third-order valence-electron chi connectivity index (χ3n) is 3.74. The van der Waals surface area contributed by atoms with Gasteiger partial charge in [0.05, 0.1) is 17.4 Å². The van der Waals surface area contributed by atoms with Crippen LogP contribution in [-0.4, -0.2) is 39.8 Å². The summed E-state index contributed by atoms with van der Waals surface area (Å²) in [5.74, 6) is 0.341. The Labute approximate surface area is 150 Å². The van der Waals surface area contributed by atoms with E-state index in [-0.39, 0.29) is 19.1 Å². The van der Waals surface area contributed by atoms with Crippen molar-refractivity contribution in [3.05, 3.63) is 59.4 Å². The molecule has 0 unspecified atom stereocenters. The highest BCUT2D eigenvalue weighted by Gasteiger charge is 2.11. The average Bonchev–Trinajstić information content (AvgIpc) is 2.99. The van der Waals surface area contributed by atoms with E-state index in [2.05, 4.69) is 10.3 Å². The monoisotopic (exact) mass is 359 g/mol. The lowest BCUT2D eigenvalue weighted by Gasteiger charge is -2.13. The van der Waals surface area contributed by atoms with Gasteiger partial charge in [-0.3, -0.25) is 4.79 Å². The summed E-state index contributed by atoms with van der Waals surface area (Å²) in [7, 11) is 1.89. The van der Waals surface area contributed by atoms with Crippen molar-refractivity contribution in [2.75, 3.05) is 13.2 Å². The van der Waals surface area contributed by atoms with Crippen LogP contribution in [0.1, 0.15) is 10.4 Å². The maximum Gasteiger partial charge on any atom is 0.251 e. The van der Waals surface area contributed by atoms with Gasteiger partial charge < -0.3 is 19.7 Å². The fourth-order valence-corrected chi connectivity index (χ4v) is 2.50. The molecule has 0 spiro atoms. The molecule has 0 aliphatic carbocycles. The molecule has 6 nitrogen and oxygen atoms in total. The molecule has 3 rings (SSSR count). The molecule has 0 bridgehead atoms. The minimum absolute atomic E-state index is 0.0706. The number of aryl methyl sites for hydroxylation is 1. The Bertz CT molecular complexity index is 877. The number of fused-ring (bicyclic) bond motifs is 1. The molecule has 1 aromatic heterocycles. The van der Waals surface area contributed by atoms with E-state index >= 15 is 0 Å². The van der Waals surface area contributed by atoms with Crippen molar-refractivity contribution in [1.82, 2.24) is 14.9 Å². The number of benzene rings is 2. The van der Waals surface area contributed by atoms with Crippen LogP contribution in [0.2, 0.25) is 5.02 Å². The summed E-state index contributed by atoms with van der Waals surface area (Å²) in [6, 6.07) is 12.2. The van der Waals surface area contributed by atoms with Crippen molar-refractivity contribution in [3.8, 4) is 5.75 Å². The molecule has 0 saturated carbocycles. The molecule has 130 valence electrons. The molecule has 7 heteroatoms. The molecule has 1 amide bonds. The largest absolute Gasteiger partial charge is 0.491 e. The number of aromatic nitrogens is 2. The van der Waals surface area contributed by atoms with Crippen molar-refractivity contribution in [1.29, 1.82) is 0 Å². The van der Waals surface area contributed by atoms with Crippen LogP contribution in [-0.2, 0) is 7.05 Å². The number of aliphatic hydroxyl groups excluding tert-OH is 1. The Balaban J connectivity index is 1.51. The molecule has 0 aliphatic rings. The highest BCUT2D eigenvalue weighted by molar-refractivity contribution is 6.30. The number of imidazole rings is 1. The van der Waals surface area contributed by atoms with Crippen molar-refractivity contribution in [3.63, 3.8) is 0 Å². The number of nitrogens with one attached hydrogen (secondary N) is 1. The molecular weight excluding hydrogens is 342 g/mol. The summed E-state index contributed by atoms with van der Waals surface area (Å²) in [5, 5.41) is 13.3. The van der Waals surface area contributed by atoms with E-state index in [1.807, 2.05) is 17.7 Å². The van der Waals surface area contributed by atoms with Crippen LogP contribution in [0, 0.1) is 0 Å². The molecular formula is C18H18ClN3O3. The van der Waals surface area contributed by atoms with Crippen LogP contribution in [0.25, 0.3) is 11.0 Å². The topological polar surface area (TPSA) is 76.4 Å². The quantitative estimate of drug-likeness (QED) is 0.708. The normalized spacial score (nSPS) is 12.1. The van der Waals surface area contributed by atoms with Gasteiger partial charge in [-0.2, -0.15) is 0 Å². The van der Waals surface area contributed by atoms with Gasteiger partial charge >= 0.3 is 0 Å². The molecule has 0 fully saturated rings. The number of nitrogens with zero attached hydrogens (tertiary/aromatic N) is 2. The zero-order chi connectivity index (χ0) is 17.8. The summed E-state index contributed by atoms with van der Waals surface area (Å²) >= 11 is 5.80. The van der Waals surface area contributed by atoms with E-state index < -0.39 is 6.10 Å². The lowest BCUT2D eigenvalue weighted by molar-refractivity contribution is 0.0844. The average molecular weight is 360 g/mol. The van der Waals surface area contributed by atoms with Gasteiger partial charge in [0.1, 0.15) is 18.5 Å². The summed E-state index contributed by atoms with van der Waals surface area (Å²) in [4.78, 5) is 16.4. The molecule has 1 atom stereocenters. The molecule has 3 aromatic rings. The Morgan fingerprint density at radius 3 is 2.84 bits per heavy atom. The minimum Gasteiger partial charge on any atom is -0.491 e. The predicted molar refractivity (Wildman–Crippen MR) is 96.0 cm³/mol. The van der Waals surface area contributed by atoms with Gasteiger partial charge in [-0.1, -0.05) is 11.6 Å². The smallest absolute Gasteiger partial charge is 0.251 e. The van der Waals surface area contributed by atoms with Gasteiger partial charge in [0.25, 0.3) is 5.91 Å². The van der Waals surface area contributed by atoms with Crippen LogP contribution in [0.5, 0.6) is 5.75 Å². The summed E-state index contributed by atoms with van der Waals surface area (Å²) in [6.07, 6.45) is 0.878. The number of carbonyl (C=O) groups is 1. The second-order valence-electron chi connectivity index (χ2n) is 5.69. The number of ether oxygens (including phenoxy) is 1. The third-order valence-corrected chi connectivity index (χ3v) is 3.99. The van der Waals surface area contributed by atoms with E-state index in [9.17, 15) is 9.90 Å². The molecule has 1 heterocycles. The van der Waals surface area contributed by atoms with E-state index in [1.54, 1.807) is 42.7 Å². The maximum atomic E-state index is 12.2. The fraction of sp³-hybridized carbons (Fsp3) is 0.222. The van der Waals surface area contributed by atoms with E-state index in [4.69, 9.17) is 16.3 Å². The second kappa shape index (κ2) is 7.55. The Kier molecular flexibility index (Phi) is 5.21. The Morgan fingerprint density at radius 2 is 2.08 bits per heavy atom. The van der Waals surface area contributed by atoms with E-state index in [0.717, 1.165) is 11.0 Å². The summed E-state index contributed by atoms with van der Waals surface area (Å²) < 4.78 is 7.33. The van der Waals surface area contributed by atoms with Gasteiger partial charge in [-0.05, 0) is 42.5 Å². The van der Waals surface area contributed by atoms with Crippen LogP contribution in [0.15, 0.2) is 48.8 Å². The predicted octanol–water partition coefficient (Wildman–Crippen LogP) is 2.40. The zero-order valence-corrected chi connectivity index (χ0v) is 14.4. The molecule has 25 heavy (non-hydrogen) atoms. The van der Waals surface area contributed by atoms with Crippen LogP contribution in [0.3, 0.4) is 0 Å². The molecule has 0 saturated heterocycles. The zero-order valence-electron chi connectivity index (χ0n) is 13.6. The van der Waals surface area contributed by atoms with Gasteiger partial charge in [0, 0.05) is 24.2 Å². The number of hydrogen-bond donors (Lipinski definition) is 2. The number of carbonyl (C=O) groups excluding carboxylic acids is 1. The summed E-state index contributed by atoms with van der Waals surface area (Å²) in [5.41, 5.74) is 2.20. The standard InChI is InChI=1S/C18H18ClN3O3/c1-22-11-21-16-8-12(2-7-17(16)22)18(24)20-9-14(23)10-25-15-5-3-13(19)4-6-15/h2-8,11,14,23H,9-10H2,1H3,(H,20,24)/t14-/m0/s1. The fourth-order valence-electron chi connectivity index (χ4n) is 2.37. The highest BCUT2D eigenvalue weighted by Crippen LogP contribution is 2.16. The van der Waals surface area contributed by atoms with Crippen LogP contribution < -0.4 is 10.1 Å². The van der Waals surface area contributed by atoms with Crippen molar-refractivity contribution >= 4 is 28.5 Å². The SMILES string of the molecule is Cn1cnc2cc(C(=O)NC[C@H](O)COc3ccc(Cl)cc3)ccc21. The number of hydrogen-bond acceptors (Lipinski definition) is 4. The molecule has 2 aromatic carbocycles. The lowest BCUT2D eigenvalue weighted by atomic mass is 10.2. The first-order valence-corrected chi connectivity index (χ1v) is 8.16. The van der Waals surface area contributed by atoms with E-state index in [0.29, 0.717) is 16.3 Å². The first kappa shape index (κ1) is 17.3. The van der Waals surface area contributed by atoms with E-state index in [1.165, 1.54) is 0 Å². The number of rotatable bonds is 6. The lowest BCUT2D eigenvalue weighted by Crippen LogP contribution is -2.35. The van der Waals surface area contributed by atoms with Crippen LogP contribution in [0.4, 0.5) is 0 Å². The number of aliphatic hydroxyl groups is 1. The van der Waals surface area contributed by atoms with Gasteiger partial charge in [-0.15, -0.1) is 0 Å². The van der Waals surface area contributed by atoms with Gasteiger partial charge in [-0.25, -0.2) is 4.98 Å². The first-order valence-electron chi connectivity index (χ1n) is 7.78. The molecule has 2 N–H and O–H groups in total. The van der Waals surface area contributed by atoms with Gasteiger partial charge in [0.15, 0.2) is 0 Å². The molecule has 0 radical (unpaired) electrons. The highest BCUT2D eigenvalue weighted by atomic mass is 35.5. The van der Waals surface area contributed by atoms with Crippen molar-refractivity contribution < 1.29 is 14.6 Å². The van der Waals surface area contributed by atoms with Gasteiger partial charge in [0.2, 0.25) is 0 Å². The van der Waals surface area contributed by atoms with Crippen molar-refractivity contribution in [2.24, 2.45) is 7.05 Å². The maximum absolute atomic E-state index is 12.2. The second-order valence-corrected chi connectivity index (χ2v) is 6.12. The number of amides is 1. The molecule has 0 aliphatic heterocycles. The Morgan fingerprint density at radius 1 is 1.32 bits per heavy atom. The Hall–Kier alpha value is -2.57. The third kappa shape index (κ3) is 4.29. The first-order chi connectivity index (χ1) is 12.0. The minimum atomic E-state index is -0.821. The van der Waals surface area contributed by atoms with Crippen molar-refractivity contribution in [2.45, 2.75) is 6.10 Å². The number of halogens is 1.